The number of rotatable bonds is 46. The van der Waals surface area contributed by atoms with Crippen LogP contribution in [0.25, 0.3) is 0 Å². The number of benzene rings is 2. The Morgan fingerprint density at radius 1 is 0.376 bits per heavy atom. The second kappa shape index (κ2) is 54.2. The van der Waals surface area contributed by atoms with Crippen molar-refractivity contribution in [3.8, 4) is 5.75 Å². The maximum absolute atomic E-state index is 12.4. The Bertz CT molecular complexity index is 2720. The molecule has 2 rings (SSSR count). The minimum absolute atomic E-state index is 0.00129. The number of hydrogen-bond donors (Lipinski definition) is 21. The van der Waals surface area contributed by atoms with Crippen molar-refractivity contribution in [2.24, 2.45) is 57.7 Å². The lowest BCUT2D eigenvalue weighted by molar-refractivity contribution is -0.141. The summed E-state index contributed by atoms with van der Waals surface area (Å²) < 4.78 is 0. The van der Waals surface area contributed by atoms with Crippen molar-refractivity contribution in [3.63, 3.8) is 0 Å². The van der Waals surface area contributed by atoms with Gasteiger partial charge in [0.1, 0.15) is 31.9 Å². The molecule has 0 aliphatic rings. The summed E-state index contributed by atoms with van der Waals surface area (Å²) in [7, 11) is 5.78. The molecule has 8 atom stereocenters. The third-order valence-corrected chi connectivity index (χ3v) is 13.9. The first-order chi connectivity index (χ1) is 47.3. The van der Waals surface area contributed by atoms with Crippen LogP contribution in [0.15, 0.2) is 54.6 Å². The zero-order valence-corrected chi connectivity index (χ0v) is 59.6. The smallest absolute Gasteiger partial charge is 0.319 e. The van der Waals surface area contributed by atoms with E-state index in [0.29, 0.717) is 84.0 Å². The van der Waals surface area contributed by atoms with Gasteiger partial charge in [-0.1, -0.05) is 70.2 Å². The van der Waals surface area contributed by atoms with Crippen molar-refractivity contribution in [1.29, 1.82) is 0 Å². The van der Waals surface area contributed by atoms with E-state index in [1.54, 1.807) is 12.1 Å². The van der Waals surface area contributed by atoms with Crippen molar-refractivity contribution >= 4 is 71.1 Å². The average Bonchev–Trinajstić information content (AvgIpc) is 0.949. The van der Waals surface area contributed by atoms with Gasteiger partial charge in [0.2, 0.25) is 47.3 Å². The summed E-state index contributed by atoms with van der Waals surface area (Å²) in [6.45, 7) is 8.02. The van der Waals surface area contributed by atoms with Crippen molar-refractivity contribution in [3.05, 3.63) is 65.7 Å². The van der Waals surface area contributed by atoms with Crippen LogP contribution in [0.1, 0.15) is 116 Å². The topological polar surface area (TPSA) is 623 Å². The van der Waals surface area contributed by atoms with Gasteiger partial charge in [-0.05, 0) is 125 Å². The molecule has 0 saturated heterocycles. The van der Waals surface area contributed by atoms with Crippen LogP contribution in [0.3, 0.4) is 0 Å². The fourth-order valence-electron chi connectivity index (χ4n) is 9.33. The second-order valence-electron chi connectivity index (χ2n) is 25.0. The summed E-state index contributed by atoms with van der Waals surface area (Å²) in [5.41, 5.74) is 57.1. The molecule has 0 radical (unpaired) electrons. The zero-order valence-electron chi connectivity index (χ0n) is 59.6. The maximum atomic E-state index is 12.4. The fourth-order valence-corrected chi connectivity index (χ4v) is 9.33. The third kappa shape index (κ3) is 51.2. The molecule has 0 heterocycles. The van der Waals surface area contributed by atoms with Gasteiger partial charge < -0.3 is 92.7 Å². The van der Waals surface area contributed by atoms with Gasteiger partial charge in [-0.25, -0.2) is 20.0 Å². The first kappa shape index (κ1) is 94.5. The van der Waals surface area contributed by atoms with Gasteiger partial charge in [0, 0.05) is 78.0 Å². The number of likely N-dealkylation sites (N-methyl/N-ethyl adjacent to an activating group) is 4. The van der Waals surface area contributed by atoms with Gasteiger partial charge in [-0.15, -0.1) is 0 Å². The SMILES string of the molecule is CC(C)C[C@@H](N)C(=O)N[C@@H](CCN)CC(=O)NN(C)CC(=O)O.CC(C)C[C@H](N)C(=O)N[C@@H](CCN)CC(=O)NN(C)CC(=O)O.CN(CC(=O)O)NC(=O)C[C@H](CCCN)NC(=O)[C@@H](N)Cc1ccc(O)cc1.CN(CC(=O)O)NC(=O)C[C@H](CCCN)NC(=O)[C@@H](N)Cc1ccccc1. The highest BCUT2D eigenvalue weighted by atomic mass is 16.4. The molecule has 574 valence electrons. The van der Waals surface area contributed by atoms with Crippen LogP contribution in [0.2, 0.25) is 0 Å². The van der Waals surface area contributed by atoms with Gasteiger partial charge in [0.05, 0.1) is 24.2 Å². The maximum Gasteiger partial charge on any atom is 0.319 e. The lowest BCUT2D eigenvalue weighted by Gasteiger charge is -2.22. The van der Waals surface area contributed by atoms with Crippen LogP contribution < -0.4 is 88.8 Å². The molecule has 101 heavy (non-hydrogen) atoms. The Morgan fingerprint density at radius 3 is 0.881 bits per heavy atom. The van der Waals surface area contributed by atoms with Crippen molar-refractivity contribution < 1.29 is 83.1 Å². The van der Waals surface area contributed by atoms with E-state index in [9.17, 15) is 62.6 Å². The molecule has 37 nitrogen and oxygen atoms in total. The summed E-state index contributed by atoms with van der Waals surface area (Å²) in [6.07, 6.45) is 4.87. The average molecular weight is 1440 g/mol. The summed E-state index contributed by atoms with van der Waals surface area (Å²) in [5.74, 6) is -6.52. The molecule has 8 amide bonds. The molecule has 37 heteroatoms. The molecule has 0 saturated carbocycles. The number of amides is 8. The van der Waals surface area contributed by atoms with Crippen molar-refractivity contribution in [2.75, 3.05) is 80.5 Å². The van der Waals surface area contributed by atoms with Crippen LogP contribution in [0.5, 0.6) is 5.75 Å². The Hall–Kier alpha value is -8.60. The number of nitrogens with two attached hydrogens (primary N) is 8. The van der Waals surface area contributed by atoms with E-state index in [4.69, 9.17) is 66.3 Å². The Morgan fingerprint density at radius 2 is 0.634 bits per heavy atom. The number of phenolic OH excluding ortho intramolecular Hbond substituents is 1. The third-order valence-electron chi connectivity index (χ3n) is 13.9. The Labute approximate surface area is 590 Å². The zero-order chi connectivity index (χ0) is 77.3. The fraction of sp³-hybridized carbons (Fsp3) is 0.625. The van der Waals surface area contributed by atoms with Crippen LogP contribution in [-0.2, 0) is 70.4 Å². The minimum Gasteiger partial charge on any atom is -0.508 e. The molecule has 2 aromatic rings. The van der Waals surface area contributed by atoms with E-state index in [-0.39, 0.29) is 93.6 Å². The highest BCUT2D eigenvalue weighted by Gasteiger charge is 2.26. The van der Waals surface area contributed by atoms with E-state index in [0.717, 1.165) is 26.2 Å². The van der Waals surface area contributed by atoms with Gasteiger partial charge in [0.15, 0.2) is 0 Å². The number of carboxylic acid groups (broad SMARTS) is 4. The molecule has 0 bridgehead atoms. The number of carbonyl (C=O) groups is 12. The number of carboxylic acids is 4. The molecule has 0 spiro atoms. The Balaban J connectivity index is 0. The second-order valence-corrected chi connectivity index (χ2v) is 25.0. The normalized spacial score (nSPS) is 13.3. The monoisotopic (exact) mass is 1440 g/mol. The number of hydrazine groups is 4. The Kier molecular flexibility index (Phi) is 50.7. The predicted octanol–water partition coefficient (Wildman–Crippen LogP) is -4.60. The first-order valence-corrected chi connectivity index (χ1v) is 33.1. The van der Waals surface area contributed by atoms with Crippen LogP contribution in [-0.4, -0.2) is 246 Å². The molecule has 0 unspecified atom stereocenters. The van der Waals surface area contributed by atoms with Crippen LogP contribution in [0, 0.1) is 11.8 Å². The van der Waals surface area contributed by atoms with Crippen molar-refractivity contribution in [2.45, 2.75) is 166 Å². The van der Waals surface area contributed by atoms with Crippen LogP contribution in [0.4, 0.5) is 0 Å². The first-order valence-electron chi connectivity index (χ1n) is 33.1. The van der Waals surface area contributed by atoms with E-state index >= 15 is 0 Å². The van der Waals surface area contributed by atoms with E-state index in [1.807, 2.05) is 58.0 Å². The quantitative estimate of drug-likeness (QED) is 0.0277. The van der Waals surface area contributed by atoms with Crippen LogP contribution >= 0.6 is 0 Å². The lowest BCUT2D eigenvalue weighted by Crippen LogP contribution is -2.49. The number of nitrogens with one attached hydrogen (secondary N) is 8. The summed E-state index contributed by atoms with van der Waals surface area (Å²) in [4.78, 5) is 139. The van der Waals surface area contributed by atoms with E-state index < -0.39 is 102 Å². The molecular weight excluding hydrogens is 1320 g/mol. The minimum atomic E-state index is -1.07. The largest absolute Gasteiger partial charge is 0.508 e. The standard InChI is InChI=1S/C18H29N5O5.C18H29N5O4.2C14H29N5O4/c1-23(11-17(26)27)22-16(25)10-13(3-2-8-19)21-18(28)15(20)9-12-4-6-14(24)7-5-12;1-23(12-17(25)26)22-16(24)11-14(8-5-9-19)21-18(27)15(20)10-13-6-3-2-4-7-13;2*1-9(2)6-11(16)14(23)17-10(4-5-15)7-12(20)18-19(3)8-13(21)22/h4-7,13,15,24H,2-3,8-11,19-20H2,1H3,(H,21,28)(H,22,25)(H,26,27);2-4,6-7,14-15H,5,8-12,19-20H2,1H3,(H,21,27)(H,22,24)(H,25,26);2*9-11H,4-8,15-16H2,1-3H3,(H,17,23)(H,18,20)(H,21,22)/t13-,15-;14-,15-;10-,11+;10-,11-/m0000/s1. The summed E-state index contributed by atoms with van der Waals surface area (Å²) in [5, 5.41) is 59.7. The molecule has 0 aromatic heterocycles. The summed E-state index contributed by atoms with van der Waals surface area (Å²) >= 11 is 0. The molecule has 0 aliphatic heterocycles. The van der Waals surface area contributed by atoms with Gasteiger partial charge in [0.25, 0.3) is 0 Å². The molecule has 0 aliphatic carbocycles. The van der Waals surface area contributed by atoms with Gasteiger partial charge in [-0.2, -0.15) is 0 Å². The van der Waals surface area contributed by atoms with Gasteiger partial charge in [-0.3, -0.25) is 79.2 Å². The van der Waals surface area contributed by atoms with E-state index in [2.05, 4.69) is 43.0 Å². The molecule has 29 N–H and O–H groups in total. The van der Waals surface area contributed by atoms with E-state index in [1.165, 1.54) is 45.3 Å². The van der Waals surface area contributed by atoms with Crippen molar-refractivity contribution in [1.82, 2.24) is 63.0 Å². The molecule has 2 aromatic carbocycles. The number of hydrogen-bond acceptors (Lipinski definition) is 25. The highest BCUT2D eigenvalue weighted by Crippen LogP contribution is 2.13. The predicted molar refractivity (Wildman–Crippen MR) is 377 cm³/mol. The number of phenols is 1. The number of aliphatic carboxylic acids is 4. The highest BCUT2D eigenvalue weighted by molar-refractivity contribution is 5.86. The number of nitrogens with zero attached hydrogens (tertiary/aromatic N) is 4. The molecular formula is C64H116N20O17. The summed E-state index contributed by atoms with van der Waals surface area (Å²) in [6, 6.07) is 11.2. The molecule has 0 fully saturated rings. The van der Waals surface area contributed by atoms with Gasteiger partial charge >= 0.3 is 23.9 Å². The number of aromatic hydroxyl groups is 1. The lowest BCUT2D eigenvalue weighted by atomic mass is 10.0. The number of carbonyl (C=O) groups excluding carboxylic acids is 8.